The molecule has 0 saturated heterocycles. The van der Waals surface area contributed by atoms with Gasteiger partial charge in [-0.3, -0.25) is 4.79 Å². The fraction of sp³-hybridized carbons (Fsp3) is 0.304. The van der Waals surface area contributed by atoms with Gasteiger partial charge < -0.3 is 20.4 Å². The number of nitrogens with one attached hydrogen (secondary N) is 3. The summed E-state index contributed by atoms with van der Waals surface area (Å²) in [4.78, 5) is 25.3. The molecule has 0 aliphatic carbocycles. The van der Waals surface area contributed by atoms with Gasteiger partial charge in [0.25, 0.3) is 0 Å². The first-order valence-corrected chi connectivity index (χ1v) is 10.3. The van der Waals surface area contributed by atoms with E-state index >= 15 is 0 Å². The quantitative estimate of drug-likeness (QED) is 0.381. The predicted octanol–water partition coefficient (Wildman–Crippen LogP) is 3.44. The molecule has 1 aromatic carbocycles. The summed E-state index contributed by atoms with van der Waals surface area (Å²) in [5.74, 6) is 1.62. The first kappa shape index (κ1) is 22.0. The number of aryl methyl sites for hydroxylation is 2. The number of pyridine rings is 1. The molecule has 31 heavy (non-hydrogen) atoms. The maximum Gasteiger partial charge on any atom is 0.227 e. The number of nitrogens with zero attached hydrogens (tertiary/aromatic N) is 3. The Bertz CT molecular complexity index is 1010. The molecule has 0 aliphatic rings. The van der Waals surface area contributed by atoms with E-state index in [-0.39, 0.29) is 5.91 Å². The van der Waals surface area contributed by atoms with Crippen LogP contribution in [-0.4, -0.2) is 34.9 Å². The van der Waals surface area contributed by atoms with Crippen LogP contribution in [0.15, 0.2) is 58.3 Å². The van der Waals surface area contributed by atoms with Gasteiger partial charge in [-0.15, -0.1) is 0 Å². The van der Waals surface area contributed by atoms with Crippen molar-refractivity contribution in [2.24, 2.45) is 4.99 Å². The number of hydrogen-bond acceptors (Lipinski definition) is 5. The Morgan fingerprint density at radius 3 is 2.55 bits per heavy atom. The van der Waals surface area contributed by atoms with Gasteiger partial charge in [0, 0.05) is 31.3 Å². The fourth-order valence-electron chi connectivity index (χ4n) is 2.75. The van der Waals surface area contributed by atoms with Crippen molar-refractivity contribution < 1.29 is 9.21 Å². The third kappa shape index (κ3) is 6.95. The van der Waals surface area contributed by atoms with Crippen LogP contribution in [0.5, 0.6) is 0 Å². The second kappa shape index (κ2) is 10.9. The number of hydrogen-bond donors (Lipinski definition) is 3. The highest BCUT2D eigenvalue weighted by Gasteiger charge is 2.08. The largest absolute Gasteiger partial charge is 0.444 e. The van der Waals surface area contributed by atoms with Gasteiger partial charge in [-0.05, 0) is 44.5 Å². The van der Waals surface area contributed by atoms with E-state index in [4.69, 9.17) is 4.42 Å². The molecule has 0 saturated carbocycles. The number of anilines is 1. The van der Waals surface area contributed by atoms with Crippen LogP contribution in [0.3, 0.4) is 0 Å². The minimum absolute atomic E-state index is 0.112. The van der Waals surface area contributed by atoms with Crippen LogP contribution in [0, 0.1) is 13.8 Å². The molecule has 0 atom stereocenters. The molecule has 0 spiro atoms. The molecule has 2 aromatic heterocycles. The van der Waals surface area contributed by atoms with E-state index in [0.717, 1.165) is 16.8 Å². The molecule has 2 heterocycles. The van der Waals surface area contributed by atoms with Crippen LogP contribution in [0.2, 0.25) is 0 Å². The van der Waals surface area contributed by atoms with E-state index in [0.29, 0.717) is 43.7 Å². The van der Waals surface area contributed by atoms with Crippen LogP contribution in [0.4, 0.5) is 5.82 Å². The lowest BCUT2D eigenvalue weighted by Gasteiger charge is -2.11. The van der Waals surface area contributed by atoms with Crippen molar-refractivity contribution in [1.29, 1.82) is 0 Å². The Kier molecular flexibility index (Phi) is 7.75. The Morgan fingerprint density at radius 1 is 1.06 bits per heavy atom. The molecular weight excluding hydrogens is 392 g/mol. The lowest BCUT2D eigenvalue weighted by atomic mass is 10.1. The van der Waals surface area contributed by atoms with Crippen molar-refractivity contribution in [3.8, 4) is 11.5 Å². The van der Waals surface area contributed by atoms with E-state index < -0.39 is 0 Å². The summed E-state index contributed by atoms with van der Waals surface area (Å²) in [6.45, 7) is 7.49. The zero-order chi connectivity index (χ0) is 22.1. The molecule has 0 fully saturated rings. The summed E-state index contributed by atoms with van der Waals surface area (Å²) in [6.07, 6.45) is 3.63. The number of benzene rings is 1. The topological polar surface area (TPSA) is 104 Å². The molecule has 1 amide bonds. The maximum absolute atomic E-state index is 12.1. The van der Waals surface area contributed by atoms with Gasteiger partial charge >= 0.3 is 0 Å². The van der Waals surface area contributed by atoms with Crippen LogP contribution in [0.25, 0.3) is 11.5 Å². The van der Waals surface area contributed by atoms with Gasteiger partial charge in [0.05, 0.1) is 6.54 Å². The molecule has 3 N–H and O–H groups in total. The van der Waals surface area contributed by atoms with Gasteiger partial charge in [0.2, 0.25) is 11.8 Å². The molecule has 0 aliphatic heterocycles. The summed E-state index contributed by atoms with van der Waals surface area (Å²) in [5, 5.41) is 9.11. The molecule has 3 aromatic rings. The van der Waals surface area contributed by atoms with Gasteiger partial charge in [-0.1, -0.05) is 23.8 Å². The fourth-order valence-corrected chi connectivity index (χ4v) is 2.75. The van der Waals surface area contributed by atoms with E-state index in [9.17, 15) is 4.79 Å². The highest BCUT2D eigenvalue weighted by atomic mass is 16.3. The molecule has 0 radical (unpaired) electrons. The lowest BCUT2D eigenvalue weighted by Crippen LogP contribution is -2.38. The second-order valence-corrected chi connectivity index (χ2v) is 7.15. The van der Waals surface area contributed by atoms with E-state index in [1.54, 1.807) is 18.5 Å². The SMILES string of the molecule is CCNC(=NCc1coc(-c2ccc(C)cc2)n1)NCCC(=O)Nc1ccc(C)cn1. The average molecular weight is 421 g/mol. The summed E-state index contributed by atoms with van der Waals surface area (Å²) in [6, 6.07) is 11.7. The monoisotopic (exact) mass is 420 g/mol. The molecule has 3 rings (SSSR count). The van der Waals surface area contributed by atoms with Crippen molar-refractivity contribution in [1.82, 2.24) is 20.6 Å². The van der Waals surface area contributed by atoms with Crippen LogP contribution < -0.4 is 16.0 Å². The van der Waals surface area contributed by atoms with E-state index in [2.05, 4.69) is 30.9 Å². The number of oxazole rings is 1. The normalized spacial score (nSPS) is 11.3. The average Bonchev–Trinajstić information content (AvgIpc) is 3.23. The standard InChI is InChI=1S/C23H28N6O2/c1-4-24-23(25-12-11-21(30)29-20-10-7-17(3)13-26-20)27-14-19-15-31-22(28-19)18-8-5-16(2)6-9-18/h5-10,13,15H,4,11-12,14H2,1-3H3,(H2,24,25,27)(H,26,29,30). The van der Waals surface area contributed by atoms with Gasteiger partial charge in [0.1, 0.15) is 17.8 Å². The molecule has 0 bridgehead atoms. The molecule has 0 unspecified atom stereocenters. The number of guanidine groups is 1. The Morgan fingerprint density at radius 2 is 1.84 bits per heavy atom. The maximum atomic E-state index is 12.1. The summed E-state index contributed by atoms with van der Waals surface area (Å²) in [7, 11) is 0. The first-order valence-electron chi connectivity index (χ1n) is 10.3. The lowest BCUT2D eigenvalue weighted by molar-refractivity contribution is -0.116. The van der Waals surface area contributed by atoms with Crippen molar-refractivity contribution in [2.45, 2.75) is 33.7 Å². The minimum Gasteiger partial charge on any atom is -0.444 e. The van der Waals surface area contributed by atoms with E-state index in [1.165, 1.54) is 5.56 Å². The zero-order valence-corrected chi connectivity index (χ0v) is 18.1. The summed E-state index contributed by atoms with van der Waals surface area (Å²) < 4.78 is 5.58. The Balaban J connectivity index is 1.50. The molecule has 8 heteroatoms. The van der Waals surface area contributed by atoms with Crippen molar-refractivity contribution in [3.05, 3.63) is 65.7 Å². The molecular formula is C23H28N6O2. The number of rotatable bonds is 8. The summed E-state index contributed by atoms with van der Waals surface area (Å²) in [5.41, 5.74) is 3.89. The van der Waals surface area contributed by atoms with Crippen LogP contribution in [-0.2, 0) is 11.3 Å². The minimum atomic E-state index is -0.112. The Labute approximate surface area is 182 Å². The number of aliphatic imine (C=N–C) groups is 1. The van der Waals surface area contributed by atoms with Crippen LogP contribution in [0.1, 0.15) is 30.2 Å². The highest BCUT2D eigenvalue weighted by Crippen LogP contribution is 2.19. The highest BCUT2D eigenvalue weighted by molar-refractivity contribution is 5.90. The van der Waals surface area contributed by atoms with E-state index in [1.807, 2.05) is 51.1 Å². The predicted molar refractivity (Wildman–Crippen MR) is 122 cm³/mol. The zero-order valence-electron chi connectivity index (χ0n) is 18.1. The van der Waals surface area contributed by atoms with Crippen molar-refractivity contribution >= 4 is 17.7 Å². The van der Waals surface area contributed by atoms with Crippen LogP contribution >= 0.6 is 0 Å². The number of aromatic nitrogens is 2. The van der Waals surface area contributed by atoms with Gasteiger partial charge in [-0.25, -0.2) is 15.0 Å². The van der Waals surface area contributed by atoms with Crippen molar-refractivity contribution in [2.75, 3.05) is 18.4 Å². The Hall–Kier alpha value is -3.68. The molecule has 162 valence electrons. The molecule has 8 nitrogen and oxygen atoms in total. The third-order valence-corrected chi connectivity index (χ3v) is 4.42. The number of carbonyl (C=O) groups is 1. The van der Waals surface area contributed by atoms with Gasteiger partial charge in [-0.2, -0.15) is 0 Å². The van der Waals surface area contributed by atoms with Crippen molar-refractivity contribution in [3.63, 3.8) is 0 Å². The first-order chi connectivity index (χ1) is 15.0. The van der Waals surface area contributed by atoms with Gasteiger partial charge in [0.15, 0.2) is 5.96 Å². The number of amides is 1. The second-order valence-electron chi connectivity index (χ2n) is 7.15. The summed E-state index contributed by atoms with van der Waals surface area (Å²) >= 11 is 0. The third-order valence-electron chi connectivity index (χ3n) is 4.42. The number of carbonyl (C=O) groups excluding carboxylic acids is 1. The smallest absolute Gasteiger partial charge is 0.227 e.